The molecule has 0 spiro atoms. The summed E-state index contributed by atoms with van der Waals surface area (Å²) in [5, 5.41) is 3.03. The zero-order valence-corrected chi connectivity index (χ0v) is 14.3. The topological polar surface area (TPSA) is 56.1 Å². The first-order valence-electron chi connectivity index (χ1n) is 8.15. The van der Waals surface area contributed by atoms with E-state index < -0.39 is 6.10 Å². The van der Waals surface area contributed by atoms with Gasteiger partial charge in [-0.25, -0.2) is 4.98 Å². The number of aromatic nitrogens is 2. The fraction of sp³-hybridized carbons (Fsp3) is 0.200. The van der Waals surface area contributed by atoms with Crippen LogP contribution < -0.4 is 5.32 Å². The fourth-order valence-electron chi connectivity index (χ4n) is 2.76. The molecule has 0 fully saturated rings. The van der Waals surface area contributed by atoms with Gasteiger partial charge < -0.3 is 14.6 Å². The monoisotopic (exact) mass is 335 g/mol. The molecule has 0 saturated heterocycles. The van der Waals surface area contributed by atoms with Crippen molar-refractivity contribution >= 4 is 5.91 Å². The largest absolute Gasteiger partial charge is 0.367 e. The van der Waals surface area contributed by atoms with Gasteiger partial charge in [-0.05, 0) is 30.2 Å². The van der Waals surface area contributed by atoms with E-state index in [9.17, 15) is 4.79 Å². The zero-order chi connectivity index (χ0) is 17.6. The van der Waals surface area contributed by atoms with Gasteiger partial charge in [0.15, 0.2) is 6.10 Å². The molecule has 25 heavy (non-hydrogen) atoms. The van der Waals surface area contributed by atoms with E-state index in [4.69, 9.17) is 4.74 Å². The van der Waals surface area contributed by atoms with Gasteiger partial charge >= 0.3 is 0 Å². The van der Waals surface area contributed by atoms with Crippen molar-refractivity contribution < 1.29 is 9.53 Å². The molecule has 3 aromatic rings. The summed E-state index contributed by atoms with van der Waals surface area (Å²) in [6.45, 7) is 1.96. The molecule has 0 aliphatic rings. The van der Waals surface area contributed by atoms with Crippen molar-refractivity contribution in [1.29, 1.82) is 0 Å². The van der Waals surface area contributed by atoms with E-state index in [-0.39, 0.29) is 11.9 Å². The summed E-state index contributed by atoms with van der Waals surface area (Å²) >= 11 is 0. The molecule has 2 aromatic carbocycles. The summed E-state index contributed by atoms with van der Waals surface area (Å²) < 4.78 is 7.32. The standard InChI is InChI=1S/C20H21N3O2/c1-15(17-9-6-10-18(13-17)23-12-11-21-14-23)22-20(24)19(25-2)16-7-4-3-5-8-16/h3-15,19H,1-2H3,(H,22,24)/t15-,19+/m1/s1. The van der Waals surface area contributed by atoms with Gasteiger partial charge in [0.2, 0.25) is 0 Å². The normalized spacial score (nSPS) is 13.2. The van der Waals surface area contributed by atoms with Crippen molar-refractivity contribution in [2.45, 2.75) is 19.1 Å². The van der Waals surface area contributed by atoms with Crippen LogP contribution in [0.5, 0.6) is 0 Å². The number of ether oxygens (including phenoxy) is 1. The van der Waals surface area contributed by atoms with Crippen LogP contribution >= 0.6 is 0 Å². The van der Waals surface area contributed by atoms with E-state index in [1.807, 2.05) is 72.3 Å². The highest BCUT2D eigenvalue weighted by molar-refractivity contribution is 5.82. The summed E-state index contributed by atoms with van der Waals surface area (Å²) in [4.78, 5) is 16.7. The molecule has 3 rings (SSSR count). The minimum absolute atomic E-state index is 0.141. The van der Waals surface area contributed by atoms with Crippen molar-refractivity contribution in [3.63, 3.8) is 0 Å². The Morgan fingerprint density at radius 3 is 2.56 bits per heavy atom. The minimum Gasteiger partial charge on any atom is -0.367 e. The molecule has 1 amide bonds. The Morgan fingerprint density at radius 1 is 1.12 bits per heavy atom. The van der Waals surface area contributed by atoms with E-state index in [0.717, 1.165) is 16.8 Å². The first kappa shape index (κ1) is 16.9. The van der Waals surface area contributed by atoms with Crippen LogP contribution in [0.2, 0.25) is 0 Å². The maximum atomic E-state index is 12.6. The van der Waals surface area contributed by atoms with E-state index >= 15 is 0 Å². The Morgan fingerprint density at radius 2 is 1.88 bits per heavy atom. The molecule has 128 valence electrons. The Hall–Kier alpha value is -2.92. The number of carbonyl (C=O) groups is 1. The van der Waals surface area contributed by atoms with Crippen LogP contribution in [0.1, 0.15) is 30.2 Å². The number of methoxy groups -OCH3 is 1. The number of nitrogens with zero attached hydrogens (tertiary/aromatic N) is 2. The van der Waals surface area contributed by atoms with Crippen LogP contribution in [0.25, 0.3) is 5.69 Å². The van der Waals surface area contributed by atoms with Gasteiger partial charge in [0.25, 0.3) is 5.91 Å². The van der Waals surface area contributed by atoms with Gasteiger partial charge in [-0.1, -0.05) is 42.5 Å². The van der Waals surface area contributed by atoms with Crippen LogP contribution in [0, 0.1) is 0 Å². The van der Waals surface area contributed by atoms with Crippen LogP contribution in [0.4, 0.5) is 0 Å². The van der Waals surface area contributed by atoms with Crippen molar-refractivity contribution in [3.05, 3.63) is 84.4 Å². The maximum absolute atomic E-state index is 12.6. The number of imidazole rings is 1. The fourth-order valence-corrected chi connectivity index (χ4v) is 2.76. The number of rotatable bonds is 6. The van der Waals surface area contributed by atoms with Gasteiger partial charge in [0.1, 0.15) is 0 Å². The molecule has 1 heterocycles. The average molecular weight is 335 g/mol. The second-order valence-electron chi connectivity index (χ2n) is 5.82. The molecular weight excluding hydrogens is 314 g/mol. The molecular formula is C20H21N3O2. The number of hydrogen-bond acceptors (Lipinski definition) is 3. The highest BCUT2D eigenvalue weighted by Gasteiger charge is 2.21. The van der Waals surface area contributed by atoms with E-state index in [0.29, 0.717) is 0 Å². The highest BCUT2D eigenvalue weighted by atomic mass is 16.5. The lowest BCUT2D eigenvalue weighted by atomic mass is 10.1. The molecule has 0 saturated carbocycles. The lowest BCUT2D eigenvalue weighted by Gasteiger charge is -2.20. The van der Waals surface area contributed by atoms with Gasteiger partial charge in [-0.2, -0.15) is 0 Å². The first-order chi connectivity index (χ1) is 12.2. The predicted octanol–water partition coefficient (Wildman–Crippen LogP) is 3.44. The summed E-state index contributed by atoms with van der Waals surface area (Å²) in [5.41, 5.74) is 2.85. The molecule has 0 radical (unpaired) electrons. The zero-order valence-electron chi connectivity index (χ0n) is 14.3. The van der Waals surface area contributed by atoms with Crippen LogP contribution in [-0.4, -0.2) is 22.6 Å². The Labute approximate surface area is 147 Å². The van der Waals surface area contributed by atoms with Gasteiger partial charge in [0.05, 0.1) is 12.4 Å². The van der Waals surface area contributed by atoms with Crippen LogP contribution in [-0.2, 0) is 9.53 Å². The molecule has 0 bridgehead atoms. The third-order valence-corrected chi connectivity index (χ3v) is 4.11. The third-order valence-electron chi connectivity index (χ3n) is 4.11. The van der Waals surface area contributed by atoms with Crippen LogP contribution in [0.15, 0.2) is 73.3 Å². The Kier molecular flexibility index (Phi) is 5.26. The second-order valence-corrected chi connectivity index (χ2v) is 5.82. The number of hydrogen-bond donors (Lipinski definition) is 1. The first-order valence-corrected chi connectivity index (χ1v) is 8.15. The maximum Gasteiger partial charge on any atom is 0.254 e. The van der Waals surface area contributed by atoms with Crippen molar-refractivity contribution in [3.8, 4) is 5.69 Å². The molecule has 0 aliphatic carbocycles. The lowest BCUT2D eigenvalue weighted by molar-refractivity contribution is -0.132. The second kappa shape index (κ2) is 7.77. The van der Waals surface area contributed by atoms with Crippen molar-refractivity contribution in [2.75, 3.05) is 7.11 Å². The quantitative estimate of drug-likeness (QED) is 0.751. The van der Waals surface area contributed by atoms with Gasteiger partial charge in [0, 0.05) is 25.2 Å². The summed E-state index contributed by atoms with van der Waals surface area (Å²) in [6, 6.07) is 17.3. The summed E-state index contributed by atoms with van der Waals surface area (Å²) in [7, 11) is 1.54. The van der Waals surface area contributed by atoms with Crippen molar-refractivity contribution in [2.24, 2.45) is 0 Å². The number of benzene rings is 2. The third kappa shape index (κ3) is 3.95. The Balaban J connectivity index is 1.74. The molecule has 0 aliphatic heterocycles. The number of carbonyl (C=O) groups excluding carboxylic acids is 1. The SMILES string of the molecule is CO[C@H](C(=O)N[C@H](C)c1cccc(-n2ccnc2)c1)c1ccccc1. The van der Waals surface area contributed by atoms with Gasteiger partial charge in [-0.15, -0.1) is 0 Å². The number of nitrogens with one attached hydrogen (secondary N) is 1. The van der Waals surface area contributed by atoms with Crippen molar-refractivity contribution in [1.82, 2.24) is 14.9 Å². The Bertz CT molecular complexity index is 816. The molecule has 5 nitrogen and oxygen atoms in total. The van der Waals surface area contributed by atoms with E-state index in [1.54, 1.807) is 19.6 Å². The summed E-state index contributed by atoms with van der Waals surface area (Å²) in [6.07, 6.45) is 4.75. The molecule has 1 aromatic heterocycles. The minimum atomic E-state index is -0.625. The number of amides is 1. The summed E-state index contributed by atoms with van der Waals surface area (Å²) in [5.74, 6) is -0.158. The van der Waals surface area contributed by atoms with E-state index in [1.165, 1.54) is 0 Å². The molecule has 5 heteroatoms. The molecule has 2 atom stereocenters. The highest BCUT2D eigenvalue weighted by Crippen LogP contribution is 2.20. The van der Waals surface area contributed by atoms with Gasteiger partial charge in [-0.3, -0.25) is 4.79 Å². The van der Waals surface area contributed by atoms with Crippen LogP contribution in [0.3, 0.4) is 0 Å². The predicted molar refractivity (Wildman–Crippen MR) is 96.3 cm³/mol. The van der Waals surface area contributed by atoms with E-state index in [2.05, 4.69) is 10.3 Å². The average Bonchev–Trinajstić information content (AvgIpc) is 3.18. The smallest absolute Gasteiger partial charge is 0.254 e. The molecule has 0 unspecified atom stereocenters. The lowest BCUT2D eigenvalue weighted by Crippen LogP contribution is -2.32. The molecule has 1 N–H and O–H groups in total.